The summed E-state index contributed by atoms with van der Waals surface area (Å²) in [5.74, 6) is 1.75. The summed E-state index contributed by atoms with van der Waals surface area (Å²) in [4.78, 5) is 4.74. The zero-order valence-corrected chi connectivity index (χ0v) is 16.2. The molecule has 0 amide bonds. The Morgan fingerprint density at radius 3 is 2.50 bits per heavy atom. The Labute approximate surface area is 156 Å². The van der Waals surface area contributed by atoms with Gasteiger partial charge in [0.2, 0.25) is 0 Å². The van der Waals surface area contributed by atoms with Crippen LogP contribution in [0.25, 0.3) is 0 Å². The molecule has 0 N–H and O–H groups in total. The smallest absolute Gasteiger partial charge is 0.126 e. The summed E-state index contributed by atoms with van der Waals surface area (Å²) in [6, 6.07) is 12.1. The first kappa shape index (κ1) is 19.6. The molecule has 0 aliphatic carbocycles. The van der Waals surface area contributed by atoms with Crippen LogP contribution in [0.2, 0.25) is 0 Å². The number of allylic oxidation sites excluding steroid dienone is 1. The van der Waals surface area contributed by atoms with Gasteiger partial charge in [-0.1, -0.05) is 35.5 Å². The van der Waals surface area contributed by atoms with Crippen LogP contribution in [0, 0.1) is 13.8 Å². The second-order valence-corrected chi connectivity index (χ2v) is 6.11. The van der Waals surface area contributed by atoms with Crippen molar-refractivity contribution in [3.8, 4) is 11.5 Å². The molecule has 1 unspecified atom stereocenters. The zero-order chi connectivity index (χ0) is 18.9. The predicted octanol–water partition coefficient (Wildman–Crippen LogP) is 5.38. The van der Waals surface area contributed by atoms with Gasteiger partial charge in [-0.05, 0) is 68.1 Å². The van der Waals surface area contributed by atoms with Crippen molar-refractivity contribution in [1.82, 2.24) is 0 Å². The summed E-state index contributed by atoms with van der Waals surface area (Å²) in [5, 5.41) is 3.81. The molecular formula is C22H27NO3. The Balaban J connectivity index is 2.16. The van der Waals surface area contributed by atoms with E-state index in [-0.39, 0.29) is 6.10 Å². The van der Waals surface area contributed by atoms with Crippen molar-refractivity contribution in [2.45, 2.75) is 33.8 Å². The Kier molecular flexibility index (Phi) is 7.27. The highest BCUT2D eigenvalue weighted by Gasteiger charge is 2.13. The summed E-state index contributed by atoms with van der Waals surface area (Å²) in [7, 11) is 1.53. The van der Waals surface area contributed by atoms with Crippen LogP contribution in [0.15, 0.2) is 53.7 Å². The molecule has 1 atom stereocenters. The molecule has 0 aliphatic heterocycles. The van der Waals surface area contributed by atoms with E-state index in [4.69, 9.17) is 14.3 Å². The fraction of sp³-hybridized carbons (Fsp3) is 0.318. The van der Waals surface area contributed by atoms with Crippen LogP contribution in [0.1, 0.15) is 42.2 Å². The maximum atomic E-state index is 6.26. The van der Waals surface area contributed by atoms with E-state index in [2.05, 4.69) is 5.16 Å². The lowest BCUT2D eigenvalue weighted by molar-refractivity contribution is 0.215. The molecular weight excluding hydrogens is 326 g/mol. The van der Waals surface area contributed by atoms with Gasteiger partial charge in [-0.15, -0.1) is 0 Å². The second-order valence-electron chi connectivity index (χ2n) is 6.11. The fourth-order valence-corrected chi connectivity index (χ4v) is 2.67. The van der Waals surface area contributed by atoms with Crippen molar-refractivity contribution in [3.05, 3.63) is 70.8 Å². The lowest BCUT2D eigenvalue weighted by Gasteiger charge is -2.20. The van der Waals surface area contributed by atoms with Crippen molar-refractivity contribution in [1.29, 1.82) is 0 Å². The molecule has 0 bridgehead atoms. The average Bonchev–Trinajstić information content (AvgIpc) is 2.63. The van der Waals surface area contributed by atoms with E-state index in [1.165, 1.54) is 7.11 Å². The molecule has 138 valence electrons. The normalized spacial score (nSPS) is 12.5. The standard InChI is InChI=1S/C22H27NO3/c1-6-7-11-25-21-12-16(2)22(17(3)13-21)26-18(4)20-10-8-9-19(14-20)15-23-24-5/h6-10,12-15,18H,11H2,1-5H3/b7-6+,23-15+. The van der Waals surface area contributed by atoms with E-state index in [0.29, 0.717) is 6.61 Å². The molecule has 0 aliphatic rings. The van der Waals surface area contributed by atoms with E-state index < -0.39 is 0 Å². The van der Waals surface area contributed by atoms with E-state index in [9.17, 15) is 0 Å². The molecule has 0 heterocycles. The summed E-state index contributed by atoms with van der Waals surface area (Å²) in [5.41, 5.74) is 4.17. The second kappa shape index (κ2) is 9.66. The predicted molar refractivity (Wildman–Crippen MR) is 106 cm³/mol. The first-order valence-corrected chi connectivity index (χ1v) is 8.73. The van der Waals surface area contributed by atoms with Gasteiger partial charge in [-0.2, -0.15) is 0 Å². The highest BCUT2D eigenvalue weighted by molar-refractivity contribution is 5.79. The number of oxime groups is 1. The Morgan fingerprint density at radius 2 is 1.85 bits per heavy atom. The van der Waals surface area contributed by atoms with Crippen LogP contribution in [0.4, 0.5) is 0 Å². The van der Waals surface area contributed by atoms with Crippen LogP contribution in [0.3, 0.4) is 0 Å². The Morgan fingerprint density at radius 1 is 1.12 bits per heavy atom. The van der Waals surface area contributed by atoms with Crippen LogP contribution < -0.4 is 9.47 Å². The molecule has 0 spiro atoms. The van der Waals surface area contributed by atoms with Crippen molar-refractivity contribution in [2.75, 3.05) is 13.7 Å². The summed E-state index contributed by atoms with van der Waals surface area (Å²) in [6.45, 7) is 8.68. The van der Waals surface area contributed by atoms with Crippen molar-refractivity contribution < 1.29 is 14.3 Å². The number of benzene rings is 2. The first-order valence-electron chi connectivity index (χ1n) is 8.73. The number of hydrogen-bond donors (Lipinski definition) is 0. The van der Waals surface area contributed by atoms with E-state index in [1.54, 1.807) is 6.21 Å². The van der Waals surface area contributed by atoms with E-state index >= 15 is 0 Å². The maximum Gasteiger partial charge on any atom is 0.126 e. The van der Waals surface area contributed by atoms with E-state index in [0.717, 1.165) is 33.8 Å². The Bertz CT molecular complexity index is 758. The van der Waals surface area contributed by atoms with Crippen molar-refractivity contribution >= 4 is 6.21 Å². The third-order valence-corrected chi connectivity index (χ3v) is 4.00. The van der Waals surface area contributed by atoms with Gasteiger partial charge in [0.15, 0.2) is 0 Å². The topological polar surface area (TPSA) is 40.0 Å². The third kappa shape index (κ3) is 5.38. The molecule has 4 heteroatoms. The monoisotopic (exact) mass is 353 g/mol. The van der Waals surface area contributed by atoms with Gasteiger partial charge >= 0.3 is 0 Å². The van der Waals surface area contributed by atoms with Crippen LogP contribution in [-0.4, -0.2) is 19.9 Å². The summed E-state index contributed by atoms with van der Waals surface area (Å²) in [6.07, 6.45) is 5.56. The largest absolute Gasteiger partial charge is 0.490 e. The fourth-order valence-electron chi connectivity index (χ4n) is 2.67. The number of hydrogen-bond acceptors (Lipinski definition) is 4. The van der Waals surface area contributed by atoms with Gasteiger partial charge in [-0.3, -0.25) is 0 Å². The molecule has 0 radical (unpaired) electrons. The van der Waals surface area contributed by atoms with Crippen molar-refractivity contribution in [3.63, 3.8) is 0 Å². The number of ether oxygens (including phenoxy) is 2. The molecule has 4 nitrogen and oxygen atoms in total. The molecule has 0 aromatic heterocycles. The highest BCUT2D eigenvalue weighted by atomic mass is 16.6. The van der Waals surface area contributed by atoms with Crippen LogP contribution >= 0.6 is 0 Å². The van der Waals surface area contributed by atoms with Gasteiger partial charge in [0.05, 0.1) is 6.21 Å². The molecule has 0 saturated heterocycles. The molecule has 2 aromatic carbocycles. The SMILES string of the molecule is C/C=C/COc1cc(C)c(OC(C)c2cccc(/C=N/OC)c2)c(C)c1. The molecule has 2 aromatic rings. The van der Waals surface area contributed by atoms with Gasteiger partial charge in [-0.25, -0.2) is 0 Å². The molecule has 0 fully saturated rings. The molecule has 2 rings (SSSR count). The van der Waals surface area contributed by atoms with E-state index in [1.807, 2.05) is 76.2 Å². The summed E-state index contributed by atoms with van der Waals surface area (Å²) >= 11 is 0. The number of rotatable bonds is 8. The lowest BCUT2D eigenvalue weighted by atomic mass is 10.1. The highest BCUT2D eigenvalue weighted by Crippen LogP contribution is 2.32. The average molecular weight is 353 g/mol. The molecule has 0 saturated carbocycles. The Hall–Kier alpha value is -2.75. The van der Waals surface area contributed by atoms with Gasteiger partial charge in [0, 0.05) is 0 Å². The first-order chi connectivity index (χ1) is 12.5. The lowest BCUT2D eigenvalue weighted by Crippen LogP contribution is -2.06. The zero-order valence-electron chi connectivity index (χ0n) is 16.2. The van der Waals surface area contributed by atoms with Gasteiger partial charge < -0.3 is 14.3 Å². The minimum absolute atomic E-state index is 0.0851. The molecule has 26 heavy (non-hydrogen) atoms. The minimum Gasteiger partial charge on any atom is -0.490 e. The summed E-state index contributed by atoms with van der Waals surface area (Å²) < 4.78 is 12.0. The number of nitrogens with zero attached hydrogens (tertiary/aromatic N) is 1. The number of aryl methyl sites for hydroxylation is 2. The maximum absolute atomic E-state index is 6.26. The van der Waals surface area contributed by atoms with Crippen LogP contribution in [0.5, 0.6) is 11.5 Å². The minimum atomic E-state index is -0.0851. The van der Waals surface area contributed by atoms with Gasteiger partial charge in [0.1, 0.15) is 31.3 Å². The third-order valence-electron chi connectivity index (χ3n) is 4.00. The van der Waals surface area contributed by atoms with Crippen LogP contribution in [-0.2, 0) is 4.84 Å². The quantitative estimate of drug-likeness (QED) is 0.363. The van der Waals surface area contributed by atoms with Crippen molar-refractivity contribution in [2.24, 2.45) is 5.16 Å². The van der Waals surface area contributed by atoms with Gasteiger partial charge in [0.25, 0.3) is 0 Å².